The van der Waals surface area contributed by atoms with Crippen LogP contribution in [0.1, 0.15) is 94.9 Å². The van der Waals surface area contributed by atoms with E-state index in [1.54, 1.807) is 14.2 Å². The van der Waals surface area contributed by atoms with Gasteiger partial charge in [0, 0.05) is 25.0 Å². The summed E-state index contributed by atoms with van der Waals surface area (Å²) in [5.41, 5.74) is 2.89. The number of aryl methyl sites for hydroxylation is 1. The number of methoxy groups -OCH3 is 2. The Morgan fingerprint density at radius 1 is 0.864 bits per heavy atom. The van der Waals surface area contributed by atoms with Crippen LogP contribution in [0, 0.1) is 0 Å². The van der Waals surface area contributed by atoms with Crippen LogP contribution < -0.4 is 14.8 Å². The van der Waals surface area contributed by atoms with E-state index in [0.717, 1.165) is 73.8 Å². The number of nitrogens with one attached hydrogen (secondary N) is 1. The van der Waals surface area contributed by atoms with Gasteiger partial charge in [-0.15, -0.1) is 0 Å². The number of para-hydroxylation sites is 2. The number of nitrogens with zero attached hydrogens (tertiary/aromatic N) is 3. The summed E-state index contributed by atoms with van der Waals surface area (Å²) < 4.78 is 12.8. The normalized spacial score (nSPS) is 16.1. The molecule has 1 aromatic heterocycles. The van der Waals surface area contributed by atoms with Gasteiger partial charge in [0.2, 0.25) is 11.8 Å². The van der Waals surface area contributed by atoms with Crippen molar-refractivity contribution in [2.75, 3.05) is 20.8 Å². The lowest BCUT2D eigenvalue weighted by atomic mass is 9.88. The first-order chi connectivity index (χ1) is 21.6. The summed E-state index contributed by atoms with van der Waals surface area (Å²) in [6.07, 6.45) is 16.0. The number of amides is 2. The van der Waals surface area contributed by atoms with Crippen LogP contribution in [0.25, 0.3) is 11.0 Å². The second kappa shape index (κ2) is 16.0. The Hall–Kier alpha value is -3.55. The third kappa shape index (κ3) is 8.13. The van der Waals surface area contributed by atoms with Gasteiger partial charge in [-0.1, -0.05) is 63.1 Å². The molecule has 0 atom stereocenters. The lowest BCUT2D eigenvalue weighted by molar-refractivity contribution is -0.138. The number of fused-ring (bicyclic) bond motifs is 1. The number of benzene rings is 2. The van der Waals surface area contributed by atoms with Gasteiger partial charge >= 0.3 is 0 Å². The van der Waals surface area contributed by atoms with Crippen molar-refractivity contribution in [3.63, 3.8) is 0 Å². The van der Waals surface area contributed by atoms with Gasteiger partial charge in [0.25, 0.3) is 0 Å². The maximum Gasteiger partial charge on any atom is 0.243 e. The van der Waals surface area contributed by atoms with Gasteiger partial charge in [0.05, 0.1) is 31.7 Å². The zero-order valence-corrected chi connectivity index (χ0v) is 26.7. The number of hydrogen-bond acceptors (Lipinski definition) is 5. The number of imidazole rings is 1. The second-order valence-corrected chi connectivity index (χ2v) is 12.5. The number of carbonyl (C=O) groups is 2. The Morgan fingerprint density at radius 2 is 1.55 bits per heavy atom. The van der Waals surface area contributed by atoms with Gasteiger partial charge in [0.1, 0.15) is 12.4 Å². The summed E-state index contributed by atoms with van der Waals surface area (Å²) in [5, 5.41) is 3.05. The van der Waals surface area contributed by atoms with E-state index in [1.165, 1.54) is 38.5 Å². The van der Waals surface area contributed by atoms with Gasteiger partial charge < -0.3 is 24.3 Å². The average Bonchev–Trinajstić information content (AvgIpc) is 3.40. The molecule has 1 heterocycles. The molecule has 44 heavy (non-hydrogen) atoms. The van der Waals surface area contributed by atoms with Gasteiger partial charge in [-0.25, -0.2) is 4.98 Å². The predicted molar refractivity (Wildman–Crippen MR) is 174 cm³/mol. The van der Waals surface area contributed by atoms with E-state index in [9.17, 15) is 9.59 Å². The Labute approximate surface area is 262 Å². The van der Waals surface area contributed by atoms with E-state index in [-0.39, 0.29) is 11.8 Å². The maximum atomic E-state index is 14.1. The molecule has 2 aliphatic rings. The summed E-state index contributed by atoms with van der Waals surface area (Å²) in [6.45, 7) is 1.01. The fourth-order valence-corrected chi connectivity index (χ4v) is 7.18. The zero-order valence-electron chi connectivity index (χ0n) is 26.7. The first-order valence-corrected chi connectivity index (χ1v) is 16.8. The highest BCUT2D eigenvalue weighted by atomic mass is 16.5. The van der Waals surface area contributed by atoms with Crippen LogP contribution in [0.15, 0.2) is 42.5 Å². The Balaban J connectivity index is 1.15. The fourth-order valence-electron chi connectivity index (χ4n) is 7.18. The molecule has 5 rings (SSSR count). The van der Waals surface area contributed by atoms with Gasteiger partial charge in [-0.2, -0.15) is 0 Å². The van der Waals surface area contributed by atoms with Gasteiger partial charge in [-0.05, 0) is 68.4 Å². The second-order valence-electron chi connectivity index (χ2n) is 12.5. The molecule has 8 heteroatoms. The van der Waals surface area contributed by atoms with Crippen molar-refractivity contribution < 1.29 is 19.1 Å². The Bertz CT molecular complexity index is 1360. The third-order valence-electron chi connectivity index (χ3n) is 9.46. The summed E-state index contributed by atoms with van der Waals surface area (Å²) in [4.78, 5) is 33.9. The van der Waals surface area contributed by atoms with Crippen LogP contribution in [-0.2, 0) is 29.0 Å². The number of ether oxygens (including phenoxy) is 2. The molecular formula is C36H50N4O4. The number of carbonyl (C=O) groups excluding carboxylic acids is 2. The SMILES string of the molecule is COc1ccc(CC(=O)NCCCCCc2nc3ccccc3n2CC(=O)N(C2CCCCC2)C2CCCCC2)cc1OC. The molecule has 2 aromatic carbocycles. The zero-order chi connectivity index (χ0) is 30.7. The van der Waals surface area contributed by atoms with Crippen molar-refractivity contribution in [3.8, 4) is 11.5 Å². The third-order valence-corrected chi connectivity index (χ3v) is 9.46. The minimum atomic E-state index is -0.00184. The summed E-state index contributed by atoms with van der Waals surface area (Å²) in [6, 6.07) is 14.5. The highest BCUT2D eigenvalue weighted by Gasteiger charge is 2.33. The first-order valence-electron chi connectivity index (χ1n) is 16.8. The Morgan fingerprint density at radius 3 is 2.23 bits per heavy atom. The van der Waals surface area contributed by atoms with E-state index >= 15 is 0 Å². The standard InChI is InChI=1S/C36H50N4O4/c1-43-32-22-21-27(24-33(32)44-2)25-35(41)37-23-13-5-10-20-34-38-30-18-11-12-19-31(30)39(34)26-36(42)40(28-14-6-3-7-15-28)29-16-8-4-9-17-29/h11-12,18-19,21-22,24,28-29H,3-10,13-17,20,23,25-26H2,1-2H3,(H,37,41). The molecule has 2 amide bonds. The van der Waals surface area contributed by atoms with E-state index < -0.39 is 0 Å². The highest BCUT2D eigenvalue weighted by Crippen LogP contribution is 2.31. The monoisotopic (exact) mass is 602 g/mol. The van der Waals surface area contributed by atoms with Crippen molar-refractivity contribution >= 4 is 22.8 Å². The molecule has 0 bridgehead atoms. The van der Waals surface area contributed by atoms with E-state index in [4.69, 9.17) is 14.5 Å². The molecular weight excluding hydrogens is 552 g/mol. The van der Waals surface area contributed by atoms with E-state index in [2.05, 4.69) is 20.9 Å². The van der Waals surface area contributed by atoms with Gasteiger partial charge in [0.15, 0.2) is 11.5 Å². The molecule has 0 radical (unpaired) electrons. The Kier molecular flexibility index (Phi) is 11.6. The molecule has 0 spiro atoms. The van der Waals surface area contributed by atoms with Crippen LogP contribution in [0.2, 0.25) is 0 Å². The minimum absolute atomic E-state index is 0.00184. The summed E-state index contributed by atoms with van der Waals surface area (Å²) in [5.74, 6) is 2.54. The number of unbranched alkanes of at least 4 members (excludes halogenated alkanes) is 2. The van der Waals surface area contributed by atoms with E-state index in [0.29, 0.717) is 43.1 Å². The highest BCUT2D eigenvalue weighted by molar-refractivity contribution is 5.82. The molecule has 1 N–H and O–H groups in total. The van der Waals surface area contributed by atoms with Crippen molar-refractivity contribution in [2.45, 2.75) is 115 Å². The van der Waals surface area contributed by atoms with Crippen LogP contribution in [-0.4, -0.2) is 59.1 Å². The fraction of sp³-hybridized carbons (Fsp3) is 0.583. The van der Waals surface area contributed by atoms with E-state index in [1.807, 2.05) is 36.4 Å². The molecule has 2 fully saturated rings. The number of aromatic nitrogens is 2. The molecule has 3 aromatic rings. The summed E-state index contributed by atoms with van der Waals surface area (Å²) in [7, 11) is 3.20. The minimum Gasteiger partial charge on any atom is -0.493 e. The topological polar surface area (TPSA) is 85.7 Å². The molecule has 8 nitrogen and oxygen atoms in total. The molecule has 0 saturated heterocycles. The lowest BCUT2D eigenvalue weighted by Crippen LogP contribution is -2.50. The smallest absolute Gasteiger partial charge is 0.243 e. The molecule has 2 saturated carbocycles. The van der Waals surface area contributed by atoms with Crippen molar-refractivity contribution in [2.24, 2.45) is 0 Å². The largest absolute Gasteiger partial charge is 0.493 e. The van der Waals surface area contributed by atoms with Crippen LogP contribution in [0.5, 0.6) is 11.5 Å². The molecule has 0 unspecified atom stereocenters. The number of hydrogen-bond donors (Lipinski definition) is 1. The van der Waals surface area contributed by atoms with Gasteiger partial charge in [-0.3, -0.25) is 9.59 Å². The quantitative estimate of drug-likeness (QED) is 0.210. The predicted octanol–water partition coefficient (Wildman–Crippen LogP) is 6.62. The van der Waals surface area contributed by atoms with Crippen molar-refractivity contribution in [1.29, 1.82) is 0 Å². The average molecular weight is 603 g/mol. The number of rotatable bonds is 14. The molecule has 0 aliphatic heterocycles. The van der Waals surface area contributed by atoms with Crippen LogP contribution in [0.3, 0.4) is 0 Å². The van der Waals surface area contributed by atoms with Crippen LogP contribution >= 0.6 is 0 Å². The first kappa shape index (κ1) is 31.9. The van der Waals surface area contributed by atoms with Crippen molar-refractivity contribution in [1.82, 2.24) is 19.8 Å². The van der Waals surface area contributed by atoms with Crippen molar-refractivity contribution in [3.05, 3.63) is 53.9 Å². The molecule has 238 valence electrons. The lowest BCUT2D eigenvalue weighted by Gasteiger charge is -2.42. The van der Waals surface area contributed by atoms with Crippen LogP contribution in [0.4, 0.5) is 0 Å². The molecule has 2 aliphatic carbocycles. The maximum absolute atomic E-state index is 14.1. The summed E-state index contributed by atoms with van der Waals surface area (Å²) >= 11 is 0.